The molecule has 5 nitrogen and oxygen atoms in total. The Labute approximate surface area is 129 Å². The van der Waals surface area contributed by atoms with Crippen LogP contribution in [0.4, 0.5) is 4.39 Å². The minimum absolute atomic E-state index is 0.234. The zero-order valence-electron chi connectivity index (χ0n) is 13.0. The highest BCUT2D eigenvalue weighted by Gasteiger charge is 2.22. The van der Waals surface area contributed by atoms with Gasteiger partial charge in [-0.3, -0.25) is 4.90 Å². The van der Waals surface area contributed by atoms with Gasteiger partial charge in [-0.1, -0.05) is 23.4 Å². The van der Waals surface area contributed by atoms with Crippen molar-refractivity contribution in [3.8, 4) is 0 Å². The van der Waals surface area contributed by atoms with Gasteiger partial charge in [-0.25, -0.2) is 4.39 Å². The molecule has 1 aromatic carbocycles. The predicted octanol–water partition coefficient (Wildman–Crippen LogP) is 1.94. The minimum atomic E-state index is -0.234. The minimum Gasteiger partial charge on any atom is -0.338 e. The number of piperazine rings is 1. The Morgan fingerprint density at radius 2 is 2.14 bits per heavy atom. The number of rotatable bonds is 4. The van der Waals surface area contributed by atoms with Crippen LogP contribution in [0.25, 0.3) is 0 Å². The van der Waals surface area contributed by atoms with Crippen LogP contribution in [0.2, 0.25) is 0 Å². The molecular weight excluding hydrogens is 283 g/mol. The van der Waals surface area contributed by atoms with Crippen LogP contribution in [-0.4, -0.2) is 52.7 Å². The topological polar surface area (TPSA) is 45.4 Å². The molecule has 1 aromatic heterocycles. The third-order valence-corrected chi connectivity index (χ3v) is 4.22. The smallest absolute Gasteiger partial charge is 0.240 e. The molecule has 1 saturated heterocycles. The Hall–Kier alpha value is -1.79. The maximum atomic E-state index is 13.6. The van der Waals surface area contributed by atoms with Crippen LogP contribution in [0.15, 0.2) is 28.8 Å². The van der Waals surface area contributed by atoms with Crippen molar-refractivity contribution in [2.24, 2.45) is 0 Å². The highest BCUT2D eigenvalue weighted by Crippen LogP contribution is 2.13. The van der Waals surface area contributed by atoms with E-state index >= 15 is 0 Å². The standard InChI is InChI=1S/C16H21FN4O/c1-12-10-21(8-7-20(12)2)11-16-18-15(19-22-16)9-13-5-3-4-6-14(13)17/h3-6,12H,7-11H2,1-2H3/t12-/m0/s1. The second kappa shape index (κ2) is 6.54. The lowest BCUT2D eigenvalue weighted by atomic mass is 10.1. The first-order valence-corrected chi connectivity index (χ1v) is 7.59. The summed E-state index contributed by atoms with van der Waals surface area (Å²) in [7, 11) is 2.14. The van der Waals surface area contributed by atoms with Crippen LogP contribution in [0.5, 0.6) is 0 Å². The second-order valence-electron chi connectivity index (χ2n) is 5.94. The van der Waals surface area contributed by atoms with E-state index in [1.807, 2.05) is 6.07 Å². The van der Waals surface area contributed by atoms with Crippen LogP contribution >= 0.6 is 0 Å². The first-order valence-electron chi connectivity index (χ1n) is 7.59. The van der Waals surface area contributed by atoms with Crippen molar-refractivity contribution in [2.45, 2.75) is 25.9 Å². The Morgan fingerprint density at radius 1 is 1.32 bits per heavy atom. The first-order chi connectivity index (χ1) is 10.6. The van der Waals surface area contributed by atoms with Gasteiger partial charge in [-0.05, 0) is 25.6 Å². The van der Waals surface area contributed by atoms with Crippen molar-refractivity contribution < 1.29 is 8.91 Å². The maximum Gasteiger partial charge on any atom is 0.240 e. The van der Waals surface area contributed by atoms with Crippen molar-refractivity contribution in [1.29, 1.82) is 0 Å². The first kappa shape index (κ1) is 15.1. The second-order valence-corrected chi connectivity index (χ2v) is 5.94. The normalized spacial score (nSPS) is 20.4. The van der Waals surface area contributed by atoms with Crippen LogP contribution in [0.3, 0.4) is 0 Å². The number of benzene rings is 1. The van der Waals surface area contributed by atoms with E-state index in [2.05, 4.69) is 33.9 Å². The average molecular weight is 304 g/mol. The fraction of sp³-hybridized carbons (Fsp3) is 0.500. The van der Waals surface area contributed by atoms with Gasteiger partial charge in [-0.2, -0.15) is 4.98 Å². The number of likely N-dealkylation sites (N-methyl/N-ethyl adjacent to an activating group) is 1. The molecule has 0 amide bonds. The van der Waals surface area contributed by atoms with E-state index < -0.39 is 0 Å². The molecule has 1 aliphatic rings. The van der Waals surface area contributed by atoms with E-state index in [0.29, 0.717) is 36.3 Å². The molecule has 22 heavy (non-hydrogen) atoms. The van der Waals surface area contributed by atoms with E-state index in [1.54, 1.807) is 12.1 Å². The SMILES string of the molecule is C[C@H]1CN(Cc2nc(Cc3ccccc3F)no2)CCN1C. The molecule has 0 aliphatic carbocycles. The van der Waals surface area contributed by atoms with Gasteiger partial charge < -0.3 is 9.42 Å². The van der Waals surface area contributed by atoms with Crippen LogP contribution < -0.4 is 0 Å². The van der Waals surface area contributed by atoms with Gasteiger partial charge in [0.05, 0.1) is 6.54 Å². The van der Waals surface area contributed by atoms with Crippen molar-refractivity contribution >= 4 is 0 Å². The number of halogens is 1. The molecule has 2 aromatic rings. The molecule has 0 saturated carbocycles. The van der Waals surface area contributed by atoms with Crippen LogP contribution in [-0.2, 0) is 13.0 Å². The molecule has 2 heterocycles. The molecule has 1 atom stereocenters. The zero-order valence-corrected chi connectivity index (χ0v) is 13.0. The van der Waals surface area contributed by atoms with Gasteiger partial charge in [0.2, 0.25) is 5.89 Å². The molecule has 3 rings (SSSR count). The highest BCUT2D eigenvalue weighted by molar-refractivity contribution is 5.20. The summed E-state index contributed by atoms with van der Waals surface area (Å²) < 4.78 is 18.9. The molecule has 0 bridgehead atoms. The summed E-state index contributed by atoms with van der Waals surface area (Å²) in [6.45, 7) is 5.89. The number of hydrogen-bond donors (Lipinski definition) is 0. The third-order valence-electron chi connectivity index (χ3n) is 4.22. The highest BCUT2D eigenvalue weighted by atomic mass is 19.1. The molecule has 118 valence electrons. The quantitative estimate of drug-likeness (QED) is 0.864. The number of aromatic nitrogens is 2. The van der Waals surface area contributed by atoms with E-state index in [-0.39, 0.29) is 5.82 Å². The van der Waals surface area contributed by atoms with Gasteiger partial charge in [0.15, 0.2) is 5.82 Å². The summed E-state index contributed by atoms with van der Waals surface area (Å²) in [6.07, 6.45) is 0.356. The van der Waals surface area contributed by atoms with Crippen molar-refractivity contribution in [3.63, 3.8) is 0 Å². The summed E-state index contributed by atoms with van der Waals surface area (Å²) in [5.74, 6) is 0.895. The summed E-state index contributed by atoms with van der Waals surface area (Å²) in [4.78, 5) is 9.04. The van der Waals surface area contributed by atoms with E-state index in [1.165, 1.54) is 6.07 Å². The molecule has 0 radical (unpaired) electrons. The molecule has 6 heteroatoms. The largest absolute Gasteiger partial charge is 0.338 e. The van der Waals surface area contributed by atoms with Crippen molar-refractivity contribution in [3.05, 3.63) is 47.4 Å². The van der Waals surface area contributed by atoms with Crippen LogP contribution in [0.1, 0.15) is 24.2 Å². The Balaban J connectivity index is 1.61. The lowest BCUT2D eigenvalue weighted by Crippen LogP contribution is -2.49. The van der Waals surface area contributed by atoms with Gasteiger partial charge in [0.25, 0.3) is 0 Å². The number of hydrogen-bond acceptors (Lipinski definition) is 5. The third kappa shape index (κ3) is 3.51. The van der Waals surface area contributed by atoms with E-state index in [0.717, 1.165) is 19.6 Å². The molecule has 1 aliphatic heterocycles. The van der Waals surface area contributed by atoms with E-state index in [4.69, 9.17) is 4.52 Å². The lowest BCUT2D eigenvalue weighted by Gasteiger charge is -2.36. The Kier molecular flexibility index (Phi) is 4.49. The summed E-state index contributed by atoms with van der Waals surface area (Å²) in [6, 6.07) is 7.20. The van der Waals surface area contributed by atoms with Gasteiger partial charge in [0, 0.05) is 32.1 Å². The average Bonchev–Trinajstić information content (AvgIpc) is 2.93. The summed E-state index contributed by atoms with van der Waals surface area (Å²) in [5, 5.41) is 3.96. The van der Waals surface area contributed by atoms with E-state index in [9.17, 15) is 4.39 Å². The summed E-state index contributed by atoms with van der Waals surface area (Å²) in [5.41, 5.74) is 0.586. The zero-order chi connectivity index (χ0) is 15.5. The lowest BCUT2D eigenvalue weighted by molar-refractivity contribution is 0.0914. The Bertz CT molecular complexity index is 630. The van der Waals surface area contributed by atoms with Gasteiger partial charge in [-0.15, -0.1) is 0 Å². The van der Waals surface area contributed by atoms with Crippen molar-refractivity contribution in [1.82, 2.24) is 19.9 Å². The molecule has 0 spiro atoms. The van der Waals surface area contributed by atoms with Crippen molar-refractivity contribution in [2.75, 3.05) is 26.7 Å². The predicted molar refractivity (Wildman–Crippen MR) is 80.9 cm³/mol. The van der Waals surface area contributed by atoms with Gasteiger partial charge >= 0.3 is 0 Å². The molecule has 0 N–H and O–H groups in total. The molecule has 0 unspecified atom stereocenters. The maximum absolute atomic E-state index is 13.6. The van der Waals surface area contributed by atoms with Crippen LogP contribution in [0, 0.1) is 5.82 Å². The summed E-state index contributed by atoms with van der Waals surface area (Å²) >= 11 is 0. The molecular formula is C16H21FN4O. The fourth-order valence-electron chi connectivity index (χ4n) is 2.70. The van der Waals surface area contributed by atoms with Gasteiger partial charge in [0.1, 0.15) is 5.82 Å². The monoisotopic (exact) mass is 304 g/mol. The fourth-order valence-corrected chi connectivity index (χ4v) is 2.70. The Morgan fingerprint density at radius 3 is 2.91 bits per heavy atom. The molecule has 1 fully saturated rings. The number of nitrogens with zero attached hydrogens (tertiary/aromatic N) is 4.